The van der Waals surface area contributed by atoms with Crippen LogP contribution < -0.4 is 4.90 Å². The van der Waals surface area contributed by atoms with Crippen LogP contribution in [0.2, 0.25) is 0 Å². The molecule has 2 amide bonds. The fourth-order valence-corrected chi connectivity index (χ4v) is 4.17. The molecule has 0 unspecified atom stereocenters. The van der Waals surface area contributed by atoms with Gasteiger partial charge in [-0.25, -0.2) is 0 Å². The zero-order valence-electron chi connectivity index (χ0n) is 12.1. The van der Waals surface area contributed by atoms with Crippen LogP contribution in [0.5, 0.6) is 0 Å². The van der Waals surface area contributed by atoms with E-state index >= 15 is 0 Å². The number of hydrogen-bond acceptors (Lipinski definition) is 4. The molecular formula is C15H13BrN2O2S2. The van der Waals surface area contributed by atoms with Crippen LogP contribution in [0.25, 0.3) is 5.57 Å². The highest BCUT2D eigenvalue weighted by Crippen LogP contribution is 2.45. The molecule has 0 atom stereocenters. The molecule has 0 bridgehead atoms. The number of thioether (sulfide) groups is 1. The summed E-state index contributed by atoms with van der Waals surface area (Å²) >= 11 is 9.81. The Hall–Kier alpha value is -1.18. The van der Waals surface area contributed by atoms with Crippen LogP contribution in [-0.4, -0.2) is 34.6 Å². The quantitative estimate of drug-likeness (QED) is 0.567. The first-order valence-electron chi connectivity index (χ1n) is 6.81. The highest BCUT2D eigenvalue weighted by molar-refractivity contribution is 9.10. The van der Waals surface area contributed by atoms with Crippen molar-refractivity contribution in [3.8, 4) is 0 Å². The van der Waals surface area contributed by atoms with Crippen LogP contribution in [0.3, 0.4) is 0 Å². The molecule has 0 spiro atoms. The van der Waals surface area contributed by atoms with E-state index in [1.165, 1.54) is 16.7 Å². The molecule has 114 valence electrons. The summed E-state index contributed by atoms with van der Waals surface area (Å²) in [6, 6.07) is 5.70. The molecule has 22 heavy (non-hydrogen) atoms. The summed E-state index contributed by atoms with van der Waals surface area (Å²) in [5.74, 6) is -0.327. The molecule has 0 saturated carbocycles. The van der Waals surface area contributed by atoms with Crippen molar-refractivity contribution in [2.75, 3.05) is 18.5 Å². The average molecular weight is 397 g/mol. The summed E-state index contributed by atoms with van der Waals surface area (Å²) in [6.07, 6.45) is 0.850. The van der Waals surface area contributed by atoms with Gasteiger partial charge in [-0.15, -0.1) is 0 Å². The number of benzene rings is 1. The molecule has 1 aromatic rings. The lowest BCUT2D eigenvalue weighted by atomic mass is 10.1. The molecule has 1 saturated heterocycles. The molecule has 7 heteroatoms. The number of carbonyl (C=O) groups excluding carboxylic acids is 2. The van der Waals surface area contributed by atoms with Gasteiger partial charge in [0.15, 0.2) is 0 Å². The maximum absolute atomic E-state index is 12.8. The molecule has 0 radical (unpaired) electrons. The zero-order chi connectivity index (χ0) is 16.0. The lowest BCUT2D eigenvalue weighted by Gasteiger charge is -2.15. The van der Waals surface area contributed by atoms with Crippen molar-refractivity contribution < 1.29 is 9.59 Å². The molecule has 0 aliphatic carbocycles. The van der Waals surface area contributed by atoms with E-state index < -0.39 is 0 Å². The van der Waals surface area contributed by atoms with Crippen molar-refractivity contribution in [2.24, 2.45) is 0 Å². The lowest BCUT2D eigenvalue weighted by Crippen LogP contribution is -2.28. The third-order valence-corrected chi connectivity index (χ3v) is 5.66. The number of fused-ring (bicyclic) bond motifs is 1. The fourth-order valence-electron chi connectivity index (χ4n) is 2.56. The number of halogens is 1. The Morgan fingerprint density at radius 3 is 2.59 bits per heavy atom. The Morgan fingerprint density at radius 2 is 2.00 bits per heavy atom. The van der Waals surface area contributed by atoms with Crippen molar-refractivity contribution in [2.45, 2.75) is 13.3 Å². The predicted molar refractivity (Wildman–Crippen MR) is 96.7 cm³/mol. The molecule has 2 aliphatic rings. The summed E-state index contributed by atoms with van der Waals surface area (Å²) in [7, 11) is 1.64. The van der Waals surface area contributed by atoms with Gasteiger partial charge >= 0.3 is 0 Å². The fraction of sp³-hybridized carbons (Fsp3) is 0.267. The summed E-state index contributed by atoms with van der Waals surface area (Å²) in [6.45, 7) is 2.65. The SMILES string of the molecule is CCCN1C(=O)/C(=C2\SC(=S)N(C)C2=O)c2cc(Br)ccc21. The van der Waals surface area contributed by atoms with Gasteiger partial charge in [0.2, 0.25) is 0 Å². The summed E-state index contributed by atoms with van der Waals surface area (Å²) < 4.78 is 1.35. The second kappa shape index (κ2) is 5.79. The van der Waals surface area contributed by atoms with Crippen LogP contribution >= 0.6 is 39.9 Å². The van der Waals surface area contributed by atoms with Gasteiger partial charge in [-0.05, 0) is 24.6 Å². The van der Waals surface area contributed by atoms with E-state index in [0.717, 1.165) is 22.1 Å². The van der Waals surface area contributed by atoms with E-state index in [4.69, 9.17) is 12.2 Å². The number of rotatable bonds is 2. The minimum absolute atomic E-state index is 0.121. The van der Waals surface area contributed by atoms with E-state index in [9.17, 15) is 9.59 Å². The maximum Gasteiger partial charge on any atom is 0.266 e. The number of hydrogen-bond donors (Lipinski definition) is 0. The standard InChI is InChI=1S/C15H13BrN2O2S2/c1-3-6-18-10-5-4-8(16)7-9(10)11(13(18)19)12-14(20)17(2)15(21)22-12/h4-5,7H,3,6H2,1-2H3/b12-11-. The van der Waals surface area contributed by atoms with Gasteiger partial charge in [0.05, 0.1) is 16.2 Å². The van der Waals surface area contributed by atoms with Crippen molar-refractivity contribution in [1.82, 2.24) is 4.90 Å². The molecule has 4 nitrogen and oxygen atoms in total. The molecule has 2 heterocycles. The van der Waals surface area contributed by atoms with Gasteiger partial charge in [0, 0.05) is 23.6 Å². The third kappa shape index (κ3) is 2.31. The number of anilines is 1. The average Bonchev–Trinajstić information content (AvgIpc) is 2.88. The molecule has 1 fully saturated rings. The highest BCUT2D eigenvalue weighted by Gasteiger charge is 2.40. The second-order valence-corrected chi connectivity index (χ2v) is 7.61. The first kappa shape index (κ1) is 15.7. The first-order chi connectivity index (χ1) is 10.5. The van der Waals surface area contributed by atoms with E-state index in [2.05, 4.69) is 15.9 Å². The maximum atomic E-state index is 12.8. The number of nitrogens with zero attached hydrogens (tertiary/aromatic N) is 2. The number of amides is 2. The largest absolute Gasteiger partial charge is 0.308 e. The third-order valence-electron chi connectivity index (χ3n) is 3.61. The zero-order valence-corrected chi connectivity index (χ0v) is 15.3. The summed E-state index contributed by atoms with van der Waals surface area (Å²) in [4.78, 5) is 28.8. The van der Waals surface area contributed by atoms with E-state index in [0.29, 0.717) is 21.3 Å². The van der Waals surface area contributed by atoms with E-state index in [1.54, 1.807) is 11.9 Å². The van der Waals surface area contributed by atoms with Crippen LogP contribution in [0.4, 0.5) is 5.69 Å². The van der Waals surface area contributed by atoms with Crippen LogP contribution in [0.15, 0.2) is 27.6 Å². The van der Waals surface area contributed by atoms with Crippen LogP contribution in [-0.2, 0) is 9.59 Å². The normalized spacial score (nSPS) is 21.1. The van der Waals surface area contributed by atoms with E-state index in [-0.39, 0.29) is 11.8 Å². The minimum Gasteiger partial charge on any atom is -0.308 e. The topological polar surface area (TPSA) is 40.6 Å². The number of likely N-dealkylation sites (N-methyl/N-ethyl adjacent to an activating group) is 1. The van der Waals surface area contributed by atoms with Crippen molar-refractivity contribution in [3.05, 3.63) is 33.1 Å². The van der Waals surface area contributed by atoms with Crippen LogP contribution in [0, 0.1) is 0 Å². The molecule has 1 aromatic carbocycles. The monoisotopic (exact) mass is 396 g/mol. The van der Waals surface area contributed by atoms with Gasteiger partial charge in [-0.1, -0.05) is 46.8 Å². The minimum atomic E-state index is -0.206. The Bertz CT molecular complexity index is 745. The molecule has 0 N–H and O–H groups in total. The predicted octanol–water partition coefficient (Wildman–Crippen LogP) is 3.41. The van der Waals surface area contributed by atoms with Crippen molar-refractivity contribution in [1.29, 1.82) is 0 Å². The summed E-state index contributed by atoms with van der Waals surface area (Å²) in [5, 5.41) is 0. The highest BCUT2D eigenvalue weighted by atomic mass is 79.9. The Morgan fingerprint density at radius 1 is 1.27 bits per heavy atom. The molecule has 0 aromatic heterocycles. The van der Waals surface area contributed by atoms with Crippen molar-refractivity contribution >= 4 is 67.3 Å². The van der Waals surface area contributed by atoms with Gasteiger partial charge in [0.1, 0.15) is 4.32 Å². The Balaban J connectivity index is 2.22. The van der Waals surface area contributed by atoms with Gasteiger partial charge in [-0.3, -0.25) is 14.5 Å². The smallest absolute Gasteiger partial charge is 0.266 e. The van der Waals surface area contributed by atoms with Gasteiger partial charge < -0.3 is 4.90 Å². The van der Waals surface area contributed by atoms with Crippen molar-refractivity contribution in [3.63, 3.8) is 0 Å². The van der Waals surface area contributed by atoms with Gasteiger partial charge in [0.25, 0.3) is 11.8 Å². The molecule has 3 rings (SSSR count). The second-order valence-electron chi connectivity index (χ2n) is 5.05. The Kier molecular flexibility index (Phi) is 4.13. The molecular weight excluding hydrogens is 384 g/mol. The first-order valence-corrected chi connectivity index (χ1v) is 8.83. The molecule has 2 aliphatic heterocycles. The van der Waals surface area contributed by atoms with E-state index in [1.807, 2.05) is 25.1 Å². The van der Waals surface area contributed by atoms with Crippen LogP contribution in [0.1, 0.15) is 18.9 Å². The van der Waals surface area contributed by atoms with Gasteiger partial charge in [-0.2, -0.15) is 0 Å². The summed E-state index contributed by atoms with van der Waals surface area (Å²) in [5.41, 5.74) is 2.11. The number of carbonyl (C=O) groups is 2. The lowest BCUT2D eigenvalue weighted by molar-refractivity contribution is -0.121. The number of thiocarbonyl (C=S) groups is 1. The Labute approximate surface area is 146 Å².